The molecule has 1 atom stereocenters. The summed E-state index contributed by atoms with van der Waals surface area (Å²) in [5.41, 5.74) is 2.92. The molecule has 2 saturated heterocycles. The van der Waals surface area contributed by atoms with Crippen LogP contribution in [0.4, 0.5) is 0 Å². The van der Waals surface area contributed by atoms with Crippen LogP contribution in [0.15, 0.2) is 18.2 Å². The van der Waals surface area contributed by atoms with Crippen LogP contribution in [0, 0.1) is 12.3 Å². The normalized spacial score (nSPS) is 23.8. The van der Waals surface area contributed by atoms with Gasteiger partial charge in [-0.1, -0.05) is 6.07 Å². The summed E-state index contributed by atoms with van der Waals surface area (Å²) < 4.78 is 10.5. The Labute approximate surface area is 163 Å². The Morgan fingerprint density at radius 3 is 2.78 bits per heavy atom. The Morgan fingerprint density at radius 2 is 2.04 bits per heavy atom. The zero-order valence-electron chi connectivity index (χ0n) is 17.1. The van der Waals surface area contributed by atoms with Gasteiger partial charge in [0.05, 0.1) is 7.11 Å². The molecule has 27 heavy (non-hydrogen) atoms. The van der Waals surface area contributed by atoms with E-state index in [4.69, 9.17) is 9.47 Å². The highest BCUT2D eigenvalue weighted by Crippen LogP contribution is 2.39. The van der Waals surface area contributed by atoms with Crippen LogP contribution in [0.3, 0.4) is 0 Å². The Hall–Kier alpha value is -1.59. The number of nitrogens with zero attached hydrogens (tertiary/aromatic N) is 2. The summed E-state index contributed by atoms with van der Waals surface area (Å²) in [4.78, 5) is 17.0. The van der Waals surface area contributed by atoms with Crippen molar-refractivity contribution in [2.24, 2.45) is 5.41 Å². The fraction of sp³-hybridized carbons (Fsp3) is 0.682. The molecule has 1 amide bonds. The zero-order chi connectivity index (χ0) is 19.3. The number of amides is 1. The van der Waals surface area contributed by atoms with Crippen molar-refractivity contribution < 1.29 is 14.3 Å². The van der Waals surface area contributed by atoms with E-state index < -0.39 is 0 Å². The Kier molecular flexibility index (Phi) is 6.77. The van der Waals surface area contributed by atoms with E-state index in [1.807, 2.05) is 0 Å². The predicted molar refractivity (Wildman–Crippen MR) is 107 cm³/mol. The van der Waals surface area contributed by atoms with Gasteiger partial charge in [0.2, 0.25) is 5.91 Å². The average Bonchev–Trinajstić information content (AvgIpc) is 2.67. The second-order valence-electron chi connectivity index (χ2n) is 8.27. The second-order valence-corrected chi connectivity index (χ2v) is 8.27. The van der Waals surface area contributed by atoms with E-state index in [1.54, 1.807) is 14.2 Å². The molecule has 0 bridgehead atoms. The molecule has 2 aliphatic rings. The van der Waals surface area contributed by atoms with Crippen LogP contribution in [0.25, 0.3) is 0 Å². The van der Waals surface area contributed by atoms with Gasteiger partial charge in [-0.3, -0.25) is 9.69 Å². The fourth-order valence-corrected chi connectivity index (χ4v) is 4.70. The highest BCUT2D eigenvalue weighted by molar-refractivity contribution is 5.77. The molecule has 1 unspecified atom stereocenters. The minimum Gasteiger partial charge on any atom is -0.497 e. The van der Waals surface area contributed by atoms with Crippen molar-refractivity contribution >= 4 is 5.91 Å². The molecule has 5 heteroatoms. The highest BCUT2D eigenvalue weighted by atomic mass is 16.5. The third kappa shape index (κ3) is 5.02. The number of rotatable bonds is 7. The molecule has 0 aromatic heterocycles. The van der Waals surface area contributed by atoms with E-state index >= 15 is 0 Å². The van der Waals surface area contributed by atoms with Crippen molar-refractivity contribution in [3.63, 3.8) is 0 Å². The van der Waals surface area contributed by atoms with Gasteiger partial charge in [-0.2, -0.15) is 0 Å². The van der Waals surface area contributed by atoms with Gasteiger partial charge in [0, 0.05) is 51.7 Å². The summed E-state index contributed by atoms with van der Waals surface area (Å²) in [6, 6.07) is 6.36. The minimum atomic E-state index is 0.263. The molecule has 0 aliphatic carbocycles. The summed E-state index contributed by atoms with van der Waals surface area (Å²) in [6.07, 6.45) is 5.11. The SMILES string of the molecule is COCCCN1CC2(CCCN(Cc3ccc(OC)cc3C)C2)CCC1=O. The summed E-state index contributed by atoms with van der Waals surface area (Å²) in [7, 11) is 3.44. The monoisotopic (exact) mass is 374 g/mol. The van der Waals surface area contributed by atoms with Gasteiger partial charge >= 0.3 is 0 Å². The molecule has 0 N–H and O–H groups in total. The van der Waals surface area contributed by atoms with E-state index in [0.29, 0.717) is 12.3 Å². The van der Waals surface area contributed by atoms with Crippen molar-refractivity contribution in [1.82, 2.24) is 9.80 Å². The molecule has 2 fully saturated rings. The maximum Gasteiger partial charge on any atom is 0.222 e. The van der Waals surface area contributed by atoms with Gasteiger partial charge in [0.25, 0.3) is 0 Å². The first-order valence-electron chi connectivity index (χ1n) is 10.2. The van der Waals surface area contributed by atoms with E-state index in [0.717, 1.165) is 57.9 Å². The van der Waals surface area contributed by atoms with Crippen molar-refractivity contribution in [1.29, 1.82) is 0 Å². The molecular formula is C22H34N2O3. The van der Waals surface area contributed by atoms with Crippen molar-refractivity contribution in [3.05, 3.63) is 29.3 Å². The number of carbonyl (C=O) groups is 1. The molecule has 2 aliphatic heterocycles. The first kappa shape index (κ1) is 20.2. The van der Waals surface area contributed by atoms with Crippen LogP contribution in [0.5, 0.6) is 5.75 Å². The smallest absolute Gasteiger partial charge is 0.222 e. The molecular weight excluding hydrogens is 340 g/mol. The van der Waals surface area contributed by atoms with E-state index in [1.165, 1.54) is 24.0 Å². The first-order chi connectivity index (χ1) is 13.0. The fourth-order valence-electron chi connectivity index (χ4n) is 4.70. The first-order valence-corrected chi connectivity index (χ1v) is 10.2. The molecule has 5 nitrogen and oxygen atoms in total. The van der Waals surface area contributed by atoms with Gasteiger partial charge in [-0.25, -0.2) is 0 Å². The minimum absolute atomic E-state index is 0.263. The number of carbonyl (C=O) groups excluding carboxylic acids is 1. The predicted octanol–water partition coefficient (Wildman–Crippen LogP) is 3.24. The topological polar surface area (TPSA) is 42.0 Å². The molecule has 0 radical (unpaired) electrons. The molecule has 1 aromatic rings. The Balaban J connectivity index is 1.63. The molecule has 2 heterocycles. The molecule has 1 aromatic carbocycles. The van der Waals surface area contributed by atoms with Gasteiger partial charge in [-0.05, 0) is 62.4 Å². The maximum absolute atomic E-state index is 12.4. The summed E-state index contributed by atoms with van der Waals surface area (Å²) in [5.74, 6) is 1.24. The van der Waals surface area contributed by atoms with Crippen molar-refractivity contribution in [2.75, 3.05) is 47.0 Å². The molecule has 3 rings (SSSR count). The number of aryl methyl sites for hydroxylation is 1. The molecule has 150 valence electrons. The van der Waals surface area contributed by atoms with E-state index in [2.05, 4.69) is 34.9 Å². The number of likely N-dealkylation sites (tertiary alicyclic amines) is 2. The van der Waals surface area contributed by atoms with Crippen LogP contribution >= 0.6 is 0 Å². The summed E-state index contributed by atoms with van der Waals surface area (Å²) in [6.45, 7) is 7.83. The number of ether oxygens (including phenoxy) is 2. The highest BCUT2D eigenvalue weighted by Gasteiger charge is 2.41. The average molecular weight is 375 g/mol. The van der Waals surface area contributed by atoms with Gasteiger partial charge in [0.15, 0.2) is 0 Å². The number of hydrogen-bond acceptors (Lipinski definition) is 4. The summed E-state index contributed by atoms with van der Waals surface area (Å²) in [5, 5.41) is 0. The van der Waals surface area contributed by atoms with Crippen LogP contribution in [-0.4, -0.2) is 62.7 Å². The van der Waals surface area contributed by atoms with Gasteiger partial charge in [-0.15, -0.1) is 0 Å². The third-order valence-electron chi connectivity index (χ3n) is 6.21. The lowest BCUT2D eigenvalue weighted by atomic mass is 9.73. The van der Waals surface area contributed by atoms with E-state index in [9.17, 15) is 4.79 Å². The largest absolute Gasteiger partial charge is 0.497 e. The van der Waals surface area contributed by atoms with Gasteiger partial charge in [0.1, 0.15) is 5.75 Å². The number of piperidine rings is 2. The van der Waals surface area contributed by atoms with Crippen molar-refractivity contribution in [2.45, 2.75) is 45.6 Å². The zero-order valence-corrected chi connectivity index (χ0v) is 17.1. The summed E-state index contributed by atoms with van der Waals surface area (Å²) >= 11 is 0. The Morgan fingerprint density at radius 1 is 1.19 bits per heavy atom. The lowest BCUT2D eigenvalue weighted by Gasteiger charge is -2.48. The van der Waals surface area contributed by atoms with Crippen molar-refractivity contribution in [3.8, 4) is 5.75 Å². The lowest BCUT2D eigenvalue weighted by molar-refractivity contribution is -0.139. The standard InChI is InChI=1S/C22H34N2O3/c1-18-14-20(27-3)7-6-19(18)15-23-11-4-9-22(16-23)10-8-21(25)24(17-22)12-5-13-26-2/h6-7,14H,4-5,8-13,15-17H2,1-3H3. The van der Waals surface area contributed by atoms with Crippen LogP contribution in [0.1, 0.15) is 43.2 Å². The van der Waals surface area contributed by atoms with E-state index in [-0.39, 0.29) is 5.41 Å². The van der Waals surface area contributed by atoms with Crippen LogP contribution < -0.4 is 4.74 Å². The quantitative estimate of drug-likeness (QED) is 0.687. The van der Waals surface area contributed by atoms with Crippen LogP contribution in [-0.2, 0) is 16.1 Å². The lowest BCUT2D eigenvalue weighted by Crippen LogP contribution is -2.54. The Bertz CT molecular complexity index is 648. The number of methoxy groups -OCH3 is 2. The maximum atomic E-state index is 12.4. The molecule has 0 saturated carbocycles. The number of benzene rings is 1. The van der Waals surface area contributed by atoms with Crippen LogP contribution in [0.2, 0.25) is 0 Å². The third-order valence-corrected chi connectivity index (χ3v) is 6.21. The van der Waals surface area contributed by atoms with Gasteiger partial charge < -0.3 is 14.4 Å². The second kappa shape index (κ2) is 9.07. The molecule has 1 spiro atoms. The number of hydrogen-bond donors (Lipinski definition) is 0.